The lowest BCUT2D eigenvalue weighted by Crippen LogP contribution is -2.27. The second kappa shape index (κ2) is 4.65. The van der Waals surface area contributed by atoms with Crippen LogP contribution >= 0.6 is 0 Å². The van der Waals surface area contributed by atoms with Crippen molar-refractivity contribution in [3.05, 3.63) is 23.8 Å². The Morgan fingerprint density at radius 3 is 2.76 bits per heavy atom. The van der Waals surface area contributed by atoms with Gasteiger partial charge in [-0.15, -0.1) is 0 Å². The minimum Gasteiger partial charge on any atom is -0.478 e. The van der Waals surface area contributed by atoms with Crippen molar-refractivity contribution in [1.82, 2.24) is 0 Å². The summed E-state index contributed by atoms with van der Waals surface area (Å²) in [6.45, 7) is 3.81. The highest BCUT2D eigenvalue weighted by Crippen LogP contribution is 2.32. The summed E-state index contributed by atoms with van der Waals surface area (Å²) in [7, 11) is 0. The maximum absolute atomic E-state index is 11.2. The highest BCUT2D eigenvalue weighted by molar-refractivity contribution is 5.95. The predicted octanol–water partition coefficient (Wildman–Crippen LogP) is 2.20. The molecule has 0 aromatic heterocycles. The van der Waals surface area contributed by atoms with Crippen LogP contribution in [-0.4, -0.2) is 24.2 Å². The monoisotopic (exact) mass is 234 g/mol. The second-order valence-electron chi connectivity index (χ2n) is 4.56. The number of anilines is 2. The highest BCUT2D eigenvalue weighted by Gasteiger charge is 2.25. The summed E-state index contributed by atoms with van der Waals surface area (Å²) in [6.07, 6.45) is 2.52. The van der Waals surface area contributed by atoms with Gasteiger partial charge < -0.3 is 15.7 Å². The molecule has 3 N–H and O–H groups in total. The summed E-state index contributed by atoms with van der Waals surface area (Å²) in [4.78, 5) is 13.3. The van der Waals surface area contributed by atoms with Gasteiger partial charge in [0.15, 0.2) is 0 Å². The largest absolute Gasteiger partial charge is 0.478 e. The molecule has 1 aliphatic rings. The zero-order chi connectivity index (χ0) is 12.4. The van der Waals surface area contributed by atoms with Gasteiger partial charge in [-0.2, -0.15) is 0 Å². The minimum atomic E-state index is -0.915. The van der Waals surface area contributed by atoms with Crippen molar-refractivity contribution >= 4 is 17.3 Å². The maximum atomic E-state index is 11.2. The Bertz CT molecular complexity index is 427. The number of nitrogens with zero attached hydrogens (tertiary/aromatic N) is 1. The van der Waals surface area contributed by atoms with Crippen LogP contribution in [0.1, 0.15) is 30.1 Å². The number of aromatic carboxylic acids is 1. The lowest BCUT2D eigenvalue weighted by molar-refractivity contribution is 0.0697. The van der Waals surface area contributed by atoms with Crippen molar-refractivity contribution in [3.8, 4) is 0 Å². The Kier molecular flexibility index (Phi) is 3.22. The molecule has 17 heavy (non-hydrogen) atoms. The molecule has 0 atom stereocenters. The van der Waals surface area contributed by atoms with Crippen LogP contribution in [-0.2, 0) is 0 Å². The van der Waals surface area contributed by atoms with Gasteiger partial charge >= 0.3 is 5.97 Å². The SMILES string of the molecule is CCN(CC1CC1)c1ccc(N)cc1C(=O)O. The Balaban J connectivity index is 2.30. The lowest BCUT2D eigenvalue weighted by Gasteiger charge is -2.24. The third-order valence-electron chi connectivity index (χ3n) is 3.15. The quantitative estimate of drug-likeness (QED) is 0.766. The number of hydrogen-bond donors (Lipinski definition) is 2. The van der Waals surface area contributed by atoms with Crippen LogP contribution in [0.4, 0.5) is 11.4 Å². The molecule has 0 unspecified atom stereocenters. The van der Waals surface area contributed by atoms with Crippen LogP contribution in [0.15, 0.2) is 18.2 Å². The van der Waals surface area contributed by atoms with E-state index >= 15 is 0 Å². The first kappa shape index (κ1) is 11.8. The van der Waals surface area contributed by atoms with Crippen LogP contribution in [0.2, 0.25) is 0 Å². The zero-order valence-electron chi connectivity index (χ0n) is 10.0. The van der Waals surface area contributed by atoms with Gasteiger partial charge in [-0.3, -0.25) is 0 Å². The van der Waals surface area contributed by atoms with E-state index in [1.807, 2.05) is 13.0 Å². The second-order valence-corrected chi connectivity index (χ2v) is 4.56. The van der Waals surface area contributed by atoms with E-state index in [1.165, 1.54) is 18.9 Å². The third-order valence-corrected chi connectivity index (χ3v) is 3.15. The molecule has 2 rings (SSSR count). The van der Waals surface area contributed by atoms with E-state index in [4.69, 9.17) is 5.73 Å². The molecule has 1 aromatic carbocycles. The first-order valence-corrected chi connectivity index (χ1v) is 5.99. The topological polar surface area (TPSA) is 66.6 Å². The Labute approximate surface area is 101 Å². The van der Waals surface area contributed by atoms with Crippen molar-refractivity contribution in [3.63, 3.8) is 0 Å². The van der Waals surface area contributed by atoms with Gasteiger partial charge in [0.2, 0.25) is 0 Å². The fourth-order valence-electron chi connectivity index (χ4n) is 2.01. The van der Waals surface area contributed by atoms with Gasteiger partial charge in [-0.1, -0.05) is 0 Å². The van der Waals surface area contributed by atoms with Crippen LogP contribution in [0, 0.1) is 5.92 Å². The fourth-order valence-corrected chi connectivity index (χ4v) is 2.01. The molecule has 0 heterocycles. The van der Waals surface area contributed by atoms with Crippen molar-refractivity contribution in [1.29, 1.82) is 0 Å². The van der Waals surface area contributed by atoms with Gasteiger partial charge in [0.1, 0.15) is 0 Å². The van der Waals surface area contributed by atoms with Crippen molar-refractivity contribution in [2.45, 2.75) is 19.8 Å². The zero-order valence-corrected chi connectivity index (χ0v) is 10.0. The molecule has 4 heteroatoms. The molecule has 1 aliphatic carbocycles. The number of benzene rings is 1. The standard InChI is InChI=1S/C13H18N2O2/c1-2-15(8-9-3-4-9)12-6-5-10(14)7-11(12)13(16)17/h5-7,9H,2-4,8,14H2,1H3,(H,16,17). The van der Waals surface area contributed by atoms with E-state index in [1.54, 1.807) is 6.07 Å². The summed E-state index contributed by atoms with van der Waals surface area (Å²) in [5, 5.41) is 9.20. The summed E-state index contributed by atoms with van der Waals surface area (Å²) < 4.78 is 0. The van der Waals surface area contributed by atoms with E-state index in [0.717, 1.165) is 24.7 Å². The number of carboxylic acid groups (broad SMARTS) is 1. The average molecular weight is 234 g/mol. The molecule has 0 bridgehead atoms. The molecule has 0 spiro atoms. The summed E-state index contributed by atoms with van der Waals surface area (Å²) in [5.41, 5.74) is 7.21. The average Bonchev–Trinajstić information content (AvgIpc) is 3.10. The van der Waals surface area contributed by atoms with Gasteiger partial charge in [0.05, 0.1) is 11.3 Å². The Morgan fingerprint density at radius 2 is 2.24 bits per heavy atom. The molecule has 1 aromatic rings. The summed E-state index contributed by atoms with van der Waals surface area (Å²) in [5.74, 6) is -0.185. The molecule has 1 fully saturated rings. The van der Waals surface area contributed by atoms with Crippen LogP contribution in [0.25, 0.3) is 0 Å². The van der Waals surface area contributed by atoms with Crippen molar-refractivity contribution in [2.24, 2.45) is 5.92 Å². The fraction of sp³-hybridized carbons (Fsp3) is 0.462. The number of carboxylic acids is 1. The van der Waals surface area contributed by atoms with E-state index in [9.17, 15) is 9.90 Å². The molecule has 0 amide bonds. The van der Waals surface area contributed by atoms with Crippen LogP contribution in [0.3, 0.4) is 0 Å². The highest BCUT2D eigenvalue weighted by atomic mass is 16.4. The number of carbonyl (C=O) groups is 1. The summed E-state index contributed by atoms with van der Waals surface area (Å²) >= 11 is 0. The molecular weight excluding hydrogens is 216 g/mol. The van der Waals surface area contributed by atoms with Crippen molar-refractivity contribution in [2.75, 3.05) is 23.7 Å². The number of nitrogens with two attached hydrogens (primary N) is 1. The predicted molar refractivity (Wildman–Crippen MR) is 68.4 cm³/mol. The smallest absolute Gasteiger partial charge is 0.337 e. The number of hydrogen-bond acceptors (Lipinski definition) is 3. The molecule has 1 saturated carbocycles. The molecule has 0 saturated heterocycles. The number of rotatable bonds is 5. The van der Waals surface area contributed by atoms with Crippen LogP contribution in [0.5, 0.6) is 0 Å². The molecule has 0 radical (unpaired) electrons. The van der Waals surface area contributed by atoms with Crippen LogP contribution < -0.4 is 10.6 Å². The Hall–Kier alpha value is -1.71. The first-order chi connectivity index (χ1) is 8.11. The lowest BCUT2D eigenvalue weighted by atomic mass is 10.1. The minimum absolute atomic E-state index is 0.299. The van der Waals surface area contributed by atoms with E-state index in [0.29, 0.717) is 11.3 Å². The van der Waals surface area contributed by atoms with Gasteiger partial charge in [-0.25, -0.2) is 4.79 Å². The van der Waals surface area contributed by atoms with Crippen molar-refractivity contribution < 1.29 is 9.90 Å². The van der Waals surface area contributed by atoms with E-state index < -0.39 is 5.97 Å². The summed E-state index contributed by atoms with van der Waals surface area (Å²) in [6, 6.07) is 5.11. The first-order valence-electron chi connectivity index (χ1n) is 5.99. The Morgan fingerprint density at radius 1 is 1.53 bits per heavy atom. The van der Waals surface area contributed by atoms with E-state index in [-0.39, 0.29) is 0 Å². The third kappa shape index (κ3) is 2.70. The normalized spacial score (nSPS) is 14.6. The molecule has 92 valence electrons. The van der Waals surface area contributed by atoms with Gasteiger partial charge in [0, 0.05) is 18.8 Å². The molecular formula is C13H18N2O2. The molecule has 4 nitrogen and oxygen atoms in total. The van der Waals surface area contributed by atoms with Gasteiger partial charge in [0.25, 0.3) is 0 Å². The van der Waals surface area contributed by atoms with E-state index in [2.05, 4.69) is 4.90 Å². The number of nitrogen functional groups attached to an aromatic ring is 1. The maximum Gasteiger partial charge on any atom is 0.337 e. The van der Waals surface area contributed by atoms with Gasteiger partial charge in [-0.05, 0) is 43.9 Å². The molecule has 0 aliphatic heterocycles.